The summed E-state index contributed by atoms with van der Waals surface area (Å²) in [6, 6.07) is 6.97. The number of pyridine rings is 1. The standard InChI is InChI=1S/C20H29N7O2S/c21-17-11-9-15(12-25-17)16-10-8-14(7-6-13-4-2-1-3-5-13)19(30(24,28)29)18(16)20(26-22)27-23/h8-13H,1-7,22-23H2,(H2,21,25)(H,26,27)(H2,24,28,29). The summed E-state index contributed by atoms with van der Waals surface area (Å²) in [5.74, 6) is 12.1. The van der Waals surface area contributed by atoms with Crippen LogP contribution in [0, 0.1) is 5.92 Å². The zero-order valence-corrected chi connectivity index (χ0v) is 17.7. The number of nitrogens with one attached hydrogen (secondary N) is 1. The molecule has 0 unspecified atom stereocenters. The topological polar surface area (TPSA) is 175 Å². The summed E-state index contributed by atoms with van der Waals surface area (Å²) < 4.78 is 25.4. The second kappa shape index (κ2) is 9.41. The van der Waals surface area contributed by atoms with Gasteiger partial charge in [0.1, 0.15) is 5.82 Å². The van der Waals surface area contributed by atoms with Crippen molar-refractivity contribution in [2.75, 3.05) is 5.73 Å². The van der Waals surface area contributed by atoms with Gasteiger partial charge in [0.25, 0.3) is 0 Å². The van der Waals surface area contributed by atoms with Gasteiger partial charge in [-0.2, -0.15) is 5.10 Å². The first-order valence-corrected chi connectivity index (χ1v) is 11.5. The second-order valence-electron chi connectivity index (χ2n) is 7.66. The van der Waals surface area contributed by atoms with Crippen LogP contribution in [0.1, 0.15) is 49.7 Å². The normalized spacial score (nSPS) is 15.9. The van der Waals surface area contributed by atoms with Gasteiger partial charge >= 0.3 is 0 Å². The van der Waals surface area contributed by atoms with Crippen LogP contribution in [0.4, 0.5) is 5.82 Å². The highest BCUT2D eigenvalue weighted by molar-refractivity contribution is 7.89. The van der Waals surface area contributed by atoms with Gasteiger partial charge < -0.3 is 17.0 Å². The maximum absolute atomic E-state index is 12.7. The molecule has 1 fully saturated rings. The molecule has 1 aliphatic rings. The van der Waals surface area contributed by atoms with E-state index in [1.165, 1.54) is 32.1 Å². The summed E-state index contributed by atoms with van der Waals surface area (Å²) in [5, 5.41) is 9.32. The van der Waals surface area contributed by atoms with Crippen molar-refractivity contribution in [3.05, 3.63) is 41.6 Å². The molecule has 1 aliphatic carbocycles. The molecule has 0 saturated heterocycles. The Morgan fingerprint density at radius 3 is 2.47 bits per heavy atom. The summed E-state index contributed by atoms with van der Waals surface area (Å²) in [5.41, 5.74) is 10.1. The number of rotatable bonds is 6. The van der Waals surface area contributed by atoms with Crippen LogP contribution in [-0.4, -0.2) is 19.2 Å². The second-order valence-corrected chi connectivity index (χ2v) is 9.16. The molecule has 0 radical (unpaired) electrons. The Morgan fingerprint density at radius 2 is 1.90 bits per heavy atom. The van der Waals surface area contributed by atoms with E-state index >= 15 is 0 Å². The maximum Gasteiger partial charge on any atom is 0.239 e. The number of nitrogens with two attached hydrogens (primary N) is 4. The third-order valence-corrected chi connectivity index (χ3v) is 6.71. The molecule has 0 atom stereocenters. The highest BCUT2D eigenvalue weighted by Crippen LogP contribution is 2.34. The van der Waals surface area contributed by atoms with Crippen LogP contribution >= 0.6 is 0 Å². The third-order valence-electron chi connectivity index (χ3n) is 5.67. The Morgan fingerprint density at radius 1 is 1.17 bits per heavy atom. The van der Waals surface area contributed by atoms with Gasteiger partial charge in [-0.25, -0.2) is 24.4 Å². The van der Waals surface area contributed by atoms with Gasteiger partial charge in [0.2, 0.25) is 10.0 Å². The van der Waals surface area contributed by atoms with Gasteiger partial charge in [0.15, 0.2) is 5.84 Å². The minimum Gasteiger partial charge on any atom is -0.384 e. The fourth-order valence-electron chi connectivity index (χ4n) is 4.20. The number of aryl methyl sites for hydroxylation is 1. The molecule has 1 aromatic carbocycles. The monoisotopic (exact) mass is 431 g/mol. The summed E-state index contributed by atoms with van der Waals surface area (Å²) in [6.07, 6.45) is 9.10. The van der Waals surface area contributed by atoms with E-state index in [1.54, 1.807) is 24.4 Å². The number of hydrogen-bond acceptors (Lipinski definition) is 7. The fraction of sp³-hybridized carbons (Fsp3) is 0.400. The summed E-state index contributed by atoms with van der Waals surface area (Å²) in [7, 11) is -4.10. The Bertz CT molecular complexity index is 1010. The molecule has 0 amide bonds. The van der Waals surface area contributed by atoms with E-state index in [1.807, 2.05) is 6.07 Å². The zero-order chi connectivity index (χ0) is 21.7. The minimum atomic E-state index is -4.10. The molecule has 9 nitrogen and oxygen atoms in total. The van der Waals surface area contributed by atoms with E-state index in [-0.39, 0.29) is 16.3 Å². The van der Waals surface area contributed by atoms with Gasteiger partial charge in [-0.1, -0.05) is 44.2 Å². The highest BCUT2D eigenvalue weighted by Gasteiger charge is 2.26. The number of hydrogen-bond donors (Lipinski definition) is 5. The average molecular weight is 432 g/mol. The number of hydrazone groups is 1. The van der Waals surface area contributed by atoms with Crippen molar-refractivity contribution in [1.29, 1.82) is 0 Å². The lowest BCUT2D eigenvalue weighted by molar-refractivity contribution is 0.338. The summed E-state index contributed by atoms with van der Waals surface area (Å²) >= 11 is 0. The van der Waals surface area contributed by atoms with Crippen molar-refractivity contribution in [1.82, 2.24) is 10.4 Å². The molecule has 3 rings (SSSR count). The van der Waals surface area contributed by atoms with Crippen LogP contribution in [0.25, 0.3) is 11.1 Å². The lowest BCUT2D eigenvalue weighted by atomic mass is 9.85. The lowest BCUT2D eigenvalue weighted by Crippen LogP contribution is -2.35. The Kier molecular flexibility index (Phi) is 6.91. The number of aromatic nitrogens is 1. The van der Waals surface area contributed by atoms with E-state index in [0.29, 0.717) is 34.8 Å². The van der Waals surface area contributed by atoms with E-state index < -0.39 is 10.0 Å². The van der Waals surface area contributed by atoms with Gasteiger partial charge in [0.05, 0.1) is 4.90 Å². The highest BCUT2D eigenvalue weighted by atomic mass is 32.2. The Hall–Kier alpha value is -2.69. The van der Waals surface area contributed by atoms with Crippen LogP contribution in [0.5, 0.6) is 0 Å². The van der Waals surface area contributed by atoms with Crippen molar-refractivity contribution in [2.45, 2.75) is 49.8 Å². The molecule has 162 valence electrons. The largest absolute Gasteiger partial charge is 0.384 e. The number of amidine groups is 1. The maximum atomic E-state index is 12.7. The predicted octanol–water partition coefficient (Wildman–Crippen LogP) is 1.57. The molecule has 0 bridgehead atoms. The molecule has 2 aromatic rings. The number of benzene rings is 1. The molecule has 1 heterocycles. The zero-order valence-electron chi connectivity index (χ0n) is 16.8. The number of anilines is 1. The first kappa shape index (κ1) is 22.0. The summed E-state index contributed by atoms with van der Waals surface area (Å²) in [4.78, 5) is 4.07. The van der Waals surface area contributed by atoms with Crippen molar-refractivity contribution >= 4 is 21.7 Å². The summed E-state index contributed by atoms with van der Waals surface area (Å²) in [6.45, 7) is 0. The Balaban J connectivity index is 2.14. The number of hydrazine groups is 1. The molecule has 1 aromatic heterocycles. The van der Waals surface area contributed by atoms with Gasteiger partial charge in [-0.05, 0) is 42.0 Å². The van der Waals surface area contributed by atoms with Crippen LogP contribution < -0.4 is 28.0 Å². The predicted molar refractivity (Wildman–Crippen MR) is 118 cm³/mol. The SMILES string of the molecule is N/N=C(\NN)c1c(-c2ccc(N)nc2)ccc(CCC2CCCCC2)c1S(N)(=O)=O. The van der Waals surface area contributed by atoms with E-state index in [0.717, 1.165) is 6.42 Å². The molecular formula is C20H29N7O2S. The molecule has 1 saturated carbocycles. The number of sulfonamides is 1. The van der Waals surface area contributed by atoms with E-state index in [9.17, 15) is 8.42 Å². The molecule has 0 spiro atoms. The number of primary sulfonamides is 1. The van der Waals surface area contributed by atoms with Crippen LogP contribution in [0.3, 0.4) is 0 Å². The van der Waals surface area contributed by atoms with E-state index in [2.05, 4.69) is 15.5 Å². The first-order valence-electron chi connectivity index (χ1n) is 10.0. The van der Waals surface area contributed by atoms with Crippen molar-refractivity contribution in [3.63, 3.8) is 0 Å². The molecule has 0 aliphatic heterocycles. The van der Waals surface area contributed by atoms with Crippen molar-refractivity contribution < 1.29 is 8.42 Å². The van der Waals surface area contributed by atoms with Gasteiger partial charge in [-0.3, -0.25) is 0 Å². The van der Waals surface area contributed by atoms with Gasteiger partial charge in [-0.15, -0.1) is 0 Å². The van der Waals surface area contributed by atoms with E-state index in [4.69, 9.17) is 22.6 Å². The molecule has 9 N–H and O–H groups in total. The Labute approximate surface area is 176 Å². The smallest absolute Gasteiger partial charge is 0.239 e. The van der Waals surface area contributed by atoms with Crippen molar-refractivity contribution in [3.8, 4) is 11.1 Å². The van der Waals surface area contributed by atoms with Crippen molar-refractivity contribution in [2.24, 2.45) is 27.8 Å². The first-order chi connectivity index (χ1) is 14.3. The van der Waals surface area contributed by atoms with Gasteiger partial charge in [0, 0.05) is 17.3 Å². The average Bonchev–Trinajstić information content (AvgIpc) is 2.73. The van der Waals surface area contributed by atoms with Crippen LogP contribution in [0.15, 0.2) is 40.5 Å². The van der Waals surface area contributed by atoms with Crippen LogP contribution in [-0.2, 0) is 16.4 Å². The number of nitrogens with zero attached hydrogens (tertiary/aromatic N) is 2. The lowest BCUT2D eigenvalue weighted by Gasteiger charge is -2.23. The van der Waals surface area contributed by atoms with Crippen LogP contribution in [0.2, 0.25) is 0 Å². The molecule has 10 heteroatoms. The minimum absolute atomic E-state index is 0.0187. The molecular weight excluding hydrogens is 402 g/mol. The molecule has 30 heavy (non-hydrogen) atoms. The third kappa shape index (κ3) is 4.89. The quantitative estimate of drug-likeness (QED) is 0.199. The number of nitrogen functional groups attached to an aromatic ring is 1. The fourth-order valence-corrected chi connectivity index (χ4v) is 5.22.